The summed E-state index contributed by atoms with van der Waals surface area (Å²) >= 11 is 0. The number of hydrogen-bond acceptors (Lipinski definition) is 5. The zero-order chi connectivity index (χ0) is 15.0. The molecular weight excluding hydrogens is 292 g/mol. The largest absolute Gasteiger partial charge is 0.375 e. The summed E-state index contributed by atoms with van der Waals surface area (Å²) in [5, 5.41) is 0. The smallest absolute Gasteiger partial charge is 0.211 e. The lowest BCUT2D eigenvalue weighted by Gasteiger charge is -2.45. The van der Waals surface area contributed by atoms with Gasteiger partial charge >= 0.3 is 0 Å². The number of morpholine rings is 1. The number of piperidine rings is 1. The van der Waals surface area contributed by atoms with E-state index in [9.17, 15) is 8.42 Å². The average molecular weight is 314 g/mol. The van der Waals surface area contributed by atoms with Crippen LogP contribution in [0, 0.1) is 0 Å². The molecule has 2 fully saturated rings. The van der Waals surface area contributed by atoms with Crippen molar-refractivity contribution in [2.45, 2.75) is 25.1 Å². The zero-order valence-corrected chi connectivity index (χ0v) is 13.3. The Morgan fingerprint density at radius 1 is 1.43 bits per heavy atom. The van der Waals surface area contributed by atoms with Gasteiger partial charge in [-0.05, 0) is 6.42 Å². The lowest BCUT2D eigenvalue weighted by molar-refractivity contribution is -0.0770. The number of aromatic nitrogens is 2. The molecule has 0 aliphatic carbocycles. The van der Waals surface area contributed by atoms with E-state index in [1.165, 1.54) is 6.26 Å². The Bertz CT molecular complexity index is 600. The number of hydrogen-bond donors (Lipinski definition) is 0. The maximum absolute atomic E-state index is 12.0. The van der Waals surface area contributed by atoms with E-state index in [2.05, 4.69) is 9.88 Å². The minimum absolute atomic E-state index is 0.0243. The number of imidazole rings is 1. The van der Waals surface area contributed by atoms with Crippen LogP contribution < -0.4 is 0 Å². The topological polar surface area (TPSA) is 67.7 Å². The van der Waals surface area contributed by atoms with Crippen molar-refractivity contribution < 1.29 is 13.2 Å². The van der Waals surface area contributed by atoms with E-state index in [-0.39, 0.29) is 12.1 Å². The number of rotatable bonds is 3. The van der Waals surface area contributed by atoms with Crippen molar-refractivity contribution in [2.75, 3.05) is 32.5 Å². The molecule has 8 heteroatoms. The van der Waals surface area contributed by atoms with E-state index in [0.717, 1.165) is 25.2 Å². The quantitative estimate of drug-likeness (QED) is 0.763. The highest BCUT2D eigenvalue weighted by Crippen LogP contribution is 2.25. The molecule has 3 rings (SSSR count). The Balaban J connectivity index is 1.73. The normalized spacial score (nSPS) is 28.5. The van der Waals surface area contributed by atoms with Gasteiger partial charge in [-0.1, -0.05) is 0 Å². The highest BCUT2D eigenvalue weighted by molar-refractivity contribution is 7.88. The Kier molecular flexibility index (Phi) is 4.04. The molecule has 0 radical (unpaired) electrons. The van der Waals surface area contributed by atoms with Crippen molar-refractivity contribution in [3.8, 4) is 0 Å². The molecule has 118 valence electrons. The van der Waals surface area contributed by atoms with Crippen LogP contribution in [0.3, 0.4) is 0 Å². The molecule has 0 aromatic carbocycles. The van der Waals surface area contributed by atoms with Crippen molar-refractivity contribution in [3.63, 3.8) is 0 Å². The summed E-state index contributed by atoms with van der Waals surface area (Å²) in [6, 6.07) is -0.0734. The number of sulfonamides is 1. The van der Waals surface area contributed by atoms with Gasteiger partial charge in [0.15, 0.2) is 0 Å². The van der Waals surface area contributed by atoms with E-state index in [1.807, 2.05) is 17.8 Å². The zero-order valence-electron chi connectivity index (χ0n) is 12.5. The molecule has 2 aliphatic heterocycles. The van der Waals surface area contributed by atoms with Gasteiger partial charge in [0.05, 0.1) is 37.0 Å². The second kappa shape index (κ2) is 5.68. The molecule has 2 saturated heterocycles. The summed E-state index contributed by atoms with van der Waals surface area (Å²) < 4.78 is 33.3. The van der Waals surface area contributed by atoms with Crippen molar-refractivity contribution >= 4 is 10.0 Å². The van der Waals surface area contributed by atoms with Crippen molar-refractivity contribution in [2.24, 2.45) is 7.05 Å². The molecule has 1 aromatic rings. The van der Waals surface area contributed by atoms with Crippen molar-refractivity contribution in [3.05, 3.63) is 18.2 Å². The molecule has 2 atom stereocenters. The van der Waals surface area contributed by atoms with E-state index in [1.54, 1.807) is 10.6 Å². The standard InChI is InChI=1S/C13H22N4O3S/c1-15-10-14-7-11(15)8-16-4-3-13-12(9-16)17(5-6-20-13)21(2,18)19/h7,10,12-13H,3-6,8-9H2,1-2H3/t12-,13-/m1/s1. The van der Waals surface area contributed by atoms with Gasteiger partial charge in [0.25, 0.3) is 0 Å². The molecule has 0 N–H and O–H groups in total. The first-order valence-electron chi connectivity index (χ1n) is 7.21. The summed E-state index contributed by atoms with van der Waals surface area (Å²) in [7, 11) is -1.21. The molecule has 21 heavy (non-hydrogen) atoms. The molecule has 0 bridgehead atoms. The number of ether oxygens (including phenoxy) is 1. The van der Waals surface area contributed by atoms with Crippen molar-refractivity contribution in [1.29, 1.82) is 0 Å². The van der Waals surface area contributed by atoms with Gasteiger partial charge in [-0.2, -0.15) is 4.31 Å². The van der Waals surface area contributed by atoms with E-state index in [4.69, 9.17) is 4.74 Å². The molecule has 0 spiro atoms. The summed E-state index contributed by atoms with van der Waals surface area (Å²) in [5.41, 5.74) is 1.14. The number of fused-ring (bicyclic) bond motifs is 1. The highest BCUT2D eigenvalue weighted by Gasteiger charge is 2.40. The number of likely N-dealkylation sites (tertiary alicyclic amines) is 1. The van der Waals surface area contributed by atoms with Gasteiger partial charge in [-0.3, -0.25) is 4.90 Å². The Morgan fingerprint density at radius 2 is 2.24 bits per heavy atom. The predicted molar refractivity (Wildman–Crippen MR) is 78.2 cm³/mol. The first kappa shape index (κ1) is 15.0. The van der Waals surface area contributed by atoms with Crippen LogP contribution in [0.4, 0.5) is 0 Å². The summed E-state index contributed by atoms with van der Waals surface area (Å²) in [4.78, 5) is 6.41. The van der Waals surface area contributed by atoms with Crippen LogP contribution >= 0.6 is 0 Å². The van der Waals surface area contributed by atoms with Gasteiger partial charge in [0.1, 0.15) is 0 Å². The van der Waals surface area contributed by atoms with Crippen LogP contribution in [0.5, 0.6) is 0 Å². The van der Waals surface area contributed by atoms with Crippen LogP contribution in [-0.2, 0) is 28.4 Å². The van der Waals surface area contributed by atoms with Gasteiger partial charge < -0.3 is 9.30 Å². The molecule has 0 saturated carbocycles. The monoisotopic (exact) mass is 314 g/mol. The van der Waals surface area contributed by atoms with Gasteiger partial charge in [-0.25, -0.2) is 13.4 Å². The van der Waals surface area contributed by atoms with Crippen LogP contribution in [0.15, 0.2) is 12.5 Å². The summed E-state index contributed by atoms with van der Waals surface area (Å²) in [6.07, 6.45) is 5.83. The van der Waals surface area contributed by atoms with Gasteiger partial charge in [-0.15, -0.1) is 0 Å². The molecule has 0 amide bonds. The Morgan fingerprint density at radius 3 is 2.90 bits per heavy atom. The van der Waals surface area contributed by atoms with E-state index < -0.39 is 10.0 Å². The number of nitrogens with zero attached hydrogens (tertiary/aromatic N) is 4. The fraction of sp³-hybridized carbons (Fsp3) is 0.769. The van der Waals surface area contributed by atoms with E-state index >= 15 is 0 Å². The third kappa shape index (κ3) is 3.13. The maximum Gasteiger partial charge on any atom is 0.211 e. The lowest BCUT2D eigenvalue weighted by atomic mass is 10.0. The summed E-state index contributed by atoms with van der Waals surface area (Å²) in [6.45, 7) is 3.37. The third-order valence-electron chi connectivity index (χ3n) is 4.35. The highest BCUT2D eigenvalue weighted by atomic mass is 32.2. The minimum atomic E-state index is -3.18. The summed E-state index contributed by atoms with van der Waals surface area (Å²) in [5.74, 6) is 0. The minimum Gasteiger partial charge on any atom is -0.375 e. The van der Waals surface area contributed by atoms with E-state index in [0.29, 0.717) is 19.7 Å². The molecule has 7 nitrogen and oxygen atoms in total. The van der Waals surface area contributed by atoms with Crippen LogP contribution in [-0.4, -0.2) is 71.8 Å². The molecule has 0 unspecified atom stereocenters. The Hall–Kier alpha value is -0.960. The molecular formula is C13H22N4O3S. The Labute approximate surface area is 125 Å². The average Bonchev–Trinajstić information content (AvgIpc) is 2.82. The van der Waals surface area contributed by atoms with Gasteiger partial charge in [0.2, 0.25) is 10.0 Å². The first-order valence-corrected chi connectivity index (χ1v) is 9.06. The molecule has 2 aliphatic rings. The second-order valence-corrected chi connectivity index (χ2v) is 7.81. The van der Waals surface area contributed by atoms with Crippen molar-refractivity contribution in [1.82, 2.24) is 18.8 Å². The number of aryl methyl sites for hydroxylation is 1. The fourth-order valence-electron chi connectivity index (χ4n) is 3.23. The third-order valence-corrected chi connectivity index (χ3v) is 5.65. The maximum atomic E-state index is 12.0. The molecule has 3 heterocycles. The predicted octanol–water partition coefficient (Wildman–Crippen LogP) is -0.345. The molecule has 1 aromatic heterocycles. The van der Waals surface area contributed by atoms with Crippen LogP contribution in [0.1, 0.15) is 12.1 Å². The van der Waals surface area contributed by atoms with Gasteiger partial charge in [0, 0.05) is 39.4 Å². The van der Waals surface area contributed by atoms with Crippen LogP contribution in [0.2, 0.25) is 0 Å². The van der Waals surface area contributed by atoms with Crippen LogP contribution in [0.25, 0.3) is 0 Å². The SMILES string of the molecule is Cn1cncc1CN1CC[C@H]2OCCN(S(C)(=O)=O)[C@@H]2C1. The first-order chi connectivity index (χ1) is 9.95. The second-order valence-electron chi connectivity index (χ2n) is 5.87. The fourth-order valence-corrected chi connectivity index (χ4v) is 4.33. The lowest BCUT2D eigenvalue weighted by Crippen LogP contribution is -2.60.